The van der Waals surface area contributed by atoms with Gasteiger partial charge in [-0.2, -0.15) is 0 Å². The van der Waals surface area contributed by atoms with Gasteiger partial charge in [-0.3, -0.25) is 24.3 Å². The molecule has 1 aromatic heterocycles. The number of aryl methyl sites for hydroxylation is 2. The number of imide groups is 1. The van der Waals surface area contributed by atoms with Crippen LogP contribution in [-0.4, -0.2) is 47.6 Å². The van der Waals surface area contributed by atoms with Crippen LogP contribution in [0.5, 0.6) is 0 Å². The molecule has 1 aliphatic rings. The number of rotatable bonds is 8. The lowest BCUT2D eigenvalue weighted by molar-refractivity contribution is -0.116. The Hall–Kier alpha value is -4.12. The number of sulfonamides is 1. The number of hydrogen-bond donors (Lipinski definition) is 1. The second-order valence-electron chi connectivity index (χ2n) is 7.96. The van der Waals surface area contributed by atoms with Crippen LogP contribution in [0, 0.1) is 13.8 Å². The number of carbonyl (C=O) groups is 3. The van der Waals surface area contributed by atoms with E-state index in [2.05, 4.69) is 20.0 Å². The molecule has 0 saturated carbocycles. The molecule has 0 unspecified atom stereocenters. The zero-order valence-corrected chi connectivity index (χ0v) is 19.9. The maximum Gasteiger partial charge on any atom is 0.261 e. The third-order valence-corrected chi connectivity index (χ3v) is 6.56. The molecule has 0 bridgehead atoms. The first-order chi connectivity index (χ1) is 16.6. The summed E-state index contributed by atoms with van der Waals surface area (Å²) in [5.41, 5.74) is 1.75. The van der Waals surface area contributed by atoms with Crippen LogP contribution in [0.4, 0.5) is 11.5 Å². The Balaban J connectivity index is 1.30. The van der Waals surface area contributed by atoms with Gasteiger partial charge in [0.1, 0.15) is 0 Å². The second-order valence-corrected chi connectivity index (χ2v) is 9.57. The van der Waals surface area contributed by atoms with E-state index in [0.717, 1.165) is 4.90 Å². The molecule has 3 amide bonds. The summed E-state index contributed by atoms with van der Waals surface area (Å²) in [5.74, 6) is -0.583. The van der Waals surface area contributed by atoms with E-state index in [1.165, 1.54) is 30.3 Å². The zero-order chi connectivity index (χ0) is 25.2. The molecule has 0 radical (unpaired) electrons. The smallest absolute Gasteiger partial charge is 0.261 e. The number of nitrogens with one attached hydrogen (secondary N) is 1. The van der Waals surface area contributed by atoms with Crippen LogP contribution < -0.4 is 5.32 Å². The average Bonchev–Trinajstić information content (AvgIpc) is 3.03. The van der Waals surface area contributed by atoms with E-state index in [-0.39, 0.29) is 41.4 Å². The normalized spacial score (nSPS) is 13.0. The van der Waals surface area contributed by atoms with E-state index in [1.54, 1.807) is 38.1 Å². The highest BCUT2D eigenvalue weighted by molar-refractivity contribution is 7.94. The van der Waals surface area contributed by atoms with Gasteiger partial charge in [-0.1, -0.05) is 12.1 Å². The van der Waals surface area contributed by atoms with Crippen molar-refractivity contribution in [2.24, 2.45) is 0 Å². The maximum atomic E-state index is 12.6. The van der Waals surface area contributed by atoms with E-state index in [0.29, 0.717) is 34.8 Å². The van der Waals surface area contributed by atoms with Crippen LogP contribution in [0.15, 0.2) is 59.5 Å². The van der Waals surface area contributed by atoms with Crippen molar-refractivity contribution in [1.82, 2.24) is 14.9 Å². The standard InChI is InChI=1S/C24H23N5O5S/c1-15-14-21(26-16(2)25-15)28-35(33,34)18-11-9-17(10-12-18)27-22(30)8-5-13-29-23(31)19-6-3-4-7-20(19)24(29)32/h3-4,6-7,9-12,14H,5,8,13H2,1-2H3,(H2,25,26,27,28,30)/p-1. The Kier molecular flexibility index (Phi) is 6.61. The summed E-state index contributed by atoms with van der Waals surface area (Å²) in [7, 11) is -4.00. The van der Waals surface area contributed by atoms with Crippen molar-refractivity contribution in [3.8, 4) is 0 Å². The molecular formula is C24H22N5O5S-. The van der Waals surface area contributed by atoms with Gasteiger partial charge in [0.25, 0.3) is 11.8 Å². The van der Waals surface area contributed by atoms with Crippen LogP contribution in [0.3, 0.4) is 0 Å². The molecule has 1 N–H and O–H groups in total. The third-order valence-electron chi connectivity index (χ3n) is 5.27. The summed E-state index contributed by atoms with van der Waals surface area (Å²) in [4.78, 5) is 46.3. The van der Waals surface area contributed by atoms with E-state index in [9.17, 15) is 22.8 Å². The summed E-state index contributed by atoms with van der Waals surface area (Å²) >= 11 is 0. The topological polar surface area (TPSA) is 140 Å². The largest absolute Gasteiger partial charge is 0.423 e. The van der Waals surface area contributed by atoms with Gasteiger partial charge >= 0.3 is 0 Å². The Morgan fingerprint density at radius 1 is 0.971 bits per heavy atom. The highest BCUT2D eigenvalue weighted by Crippen LogP contribution is 2.27. The summed E-state index contributed by atoms with van der Waals surface area (Å²) in [6, 6.07) is 13.7. The van der Waals surface area contributed by atoms with Gasteiger partial charge in [-0.25, -0.2) is 8.42 Å². The molecule has 3 aromatic rings. The lowest BCUT2D eigenvalue weighted by Gasteiger charge is -2.17. The second kappa shape index (κ2) is 9.63. The Bertz CT molecular complexity index is 1370. The number of hydrogen-bond acceptors (Lipinski definition) is 7. The molecule has 11 heteroatoms. The van der Waals surface area contributed by atoms with E-state index in [4.69, 9.17) is 0 Å². The molecule has 0 fully saturated rings. The molecule has 0 aliphatic carbocycles. The number of benzene rings is 2. The number of fused-ring (bicyclic) bond motifs is 1. The summed E-state index contributed by atoms with van der Waals surface area (Å²) in [6.45, 7) is 3.49. The number of aromatic nitrogens is 2. The fourth-order valence-electron chi connectivity index (χ4n) is 3.69. The fourth-order valence-corrected chi connectivity index (χ4v) is 4.62. The molecule has 35 heavy (non-hydrogen) atoms. The van der Waals surface area contributed by atoms with Crippen molar-refractivity contribution >= 4 is 39.3 Å². The monoisotopic (exact) mass is 492 g/mol. The lowest BCUT2D eigenvalue weighted by Crippen LogP contribution is -2.31. The predicted octanol–water partition coefficient (Wildman–Crippen LogP) is 3.50. The molecule has 0 atom stereocenters. The minimum absolute atomic E-state index is 0.0463. The van der Waals surface area contributed by atoms with E-state index in [1.807, 2.05) is 0 Å². The van der Waals surface area contributed by atoms with E-state index < -0.39 is 10.0 Å². The van der Waals surface area contributed by atoms with Gasteiger partial charge < -0.3 is 15.0 Å². The third kappa shape index (κ3) is 5.35. The molecule has 2 heterocycles. The van der Waals surface area contributed by atoms with Gasteiger partial charge in [0.15, 0.2) is 0 Å². The van der Waals surface area contributed by atoms with Gasteiger partial charge in [0.2, 0.25) is 15.9 Å². The van der Waals surface area contributed by atoms with Gasteiger partial charge in [-0.15, -0.1) is 0 Å². The number of nitrogens with zero attached hydrogens (tertiary/aromatic N) is 4. The van der Waals surface area contributed by atoms with Crippen LogP contribution in [-0.2, 0) is 14.8 Å². The molecule has 4 rings (SSSR count). The number of anilines is 1. The SMILES string of the molecule is Cc1cc([N-]S(=O)(=O)c2ccc(NC(=O)CCCN3C(=O)c4ccccc4C3=O)cc2)nc(C)n1. The Morgan fingerprint density at radius 3 is 2.20 bits per heavy atom. The highest BCUT2D eigenvalue weighted by Gasteiger charge is 2.34. The molecule has 180 valence electrons. The molecule has 0 spiro atoms. The molecule has 10 nitrogen and oxygen atoms in total. The predicted molar refractivity (Wildman–Crippen MR) is 128 cm³/mol. The highest BCUT2D eigenvalue weighted by atomic mass is 32.2. The van der Waals surface area contributed by atoms with Gasteiger partial charge in [0.05, 0.1) is 16.0 Å². The van der Waals surface area contributed by atoms with Crippen molar-refractivity contribution in [2.45, 2.75) is 31.6 Å². The summed E-state index contributed by atoms with van der Waals surface area (Å²) in [6.07, 6.45) is 0.371. The van der Waals surface area contributed by atoms with Crippen LogP contribution in [0.1, 0.15) is 45.1 Å². The first-order valence-corrected chi connectivity index (χ1v) is 12.2. The van der Waals surface area contributed by atoms with Crippen molar-refractivity contribution in [3.05, 3.63) is 82.0 Å². The first-order valence-electron chi connectivity index (χ1n) is 10.8. The Morgan fingerprint density at radius 2 is 1.60 bits per heavy atom. The molecule has 2 aromatic carbocycles. The van der Waals surface area contributed by atoms with Crippen LogP contribution in [0.25, 0.3) is 4.72 Å². The zero-order valence-electron chi connectivity index (χ0n) is 19.1. The van der Waals surface area contributed by atoms with Crippen molar-refractivity contribution in [1.29, 1.82) is 0 Å². The Labute approximate surface area is 202 Å². The van der Waals surface area contributed by atoms with Gasteiger partial charge in [0, 0.05) is 30.2 Å². The van der Waals surface area contributed by atoms with Gasteiger partial charge in [-0.05, 0) is 68.6 Å². The van der Waals surface area contributed by atoms with Crippen LogP contribution in [0.2, 0.25) is 0 Å². The minimum Gasteiger partial charge on any atom is -0.423 e. The minimum atomic E-state index is -4.00. The number of carbonyl (C=O) groups excluding carboxylic acids is 3. The first kappa shape index (κ1) is 24.0. The summed E-state index contributed by atoms with van der Waals surface area (Å²) in [5, 5.41) is 2.68. The van der Waals surface area contributed by atoms with Crippen molar-refractivity contribution in [3.63, 3.8) is 0 Å². The lowest BCUT2D eigenvalue weighted by atomic mass is 10.1. The van der Waals surface area contributed by atoms with E-state index >= 15 is 0 Å². The van der Waals surface area contributed by atoms with Crippen molar-refractivity contribution in [2.75, 3.05) is 11.9 Å². The number of amides is 3. The molecule has 0 saturated heterocycles. The maximum absolute atomic E-state index is 12.6. The van der Waals surface area contributed by atoms with Crippen LogP contribution >= 0.6 is 0 Å². The molecule has 1 aliphatic heterocycles. The van der Waals surface area contributed by atoms with Crippen molar-refractivity contribution < 1.29 is 22.8 Å². The summed E-state index contributed by atoms with van der Waals surface area (Å²) < 4.78 is 28.9. The quantitative estimate of drug-likeness (QED) is 0.475. The average molecular weight is 493 g/mol. The molecular weight excluding hydrogens is 470 g/mol. The fraction of sp³-hybridized carbons (Fsp3) is 0.208.